The third-order valence-electron chi connectivity index (χ3n) is 6.45. The first-order chi connectivity index (χ1) is 16.2. The predicted octanol–water partition coefficient (Wildman–Crippen LogP) is 4.57. The Balaban J connectivity index is 1.52. The Morgan fingerprint density at radius 2 is 1.94 bits per heavy atom. The summed E-state index contributed by atoms with van der Waals surface area (Å²) in [6, 6.07) is 7.90. The van der Waals surface area contributed by atoms with Crippen LogP contribution in [0.2, 0.25) is 0 Å². The van der Waals surface area contributed by atoms with Gasteiger partial charge in [-0.2, -0.15) is 5.10 Å². The number of aryl methyl sites for hydroxylation is 1. The number of piperidine rings is 1. The van der Waals surface area contributed by atoms with Crippen LogP contribution in [-0.2, 0) is 17.8 Å². The average molecular weight is 473 g/mol. The highest BCUT2D eigenvalue weighted by Gasteiger charge is 2.45. The molecule has 180 valence electrons. The van der Waals surface area contributed by atoms with Crippen LogP contribution in [0.1, 0.15) is 36.7 Å². The zero-order valence-electron chi connectivity index (χ0n) is 18.9. The molecule has 0 bridgehead atoms. The first-order valence-corrected chi connectivity index (χ1v) is 11.0. The molecule has 0 radical (unpaired) electrons. The van der Waals surface area contributed by atoms with Gasteiger partial charge in [0.05, 0.1) is 11.1 Å². The molecular weight excluding hydrogens is 447 g/mol. The number of anilines is 2. The summed E-state index contributed by atoms with van der Waals surface area (Å²) < 4.78 is 42.9. The Hall–Kier alpha value is -3.40. The van der Waals surface area contributed by atoms with Crippen molar-refractivity contribution in [1.29, 1.82) is 0 Å². The molecule has 3 N–H and O–H groups in total. The highest BCUT2D eigenvalue weighted by Crippen LogP contribution is 2.39. The van der Waals surface area contributed by atoms with Crippen molar-refractivity contribution in [2.24, 2.45) is 5.41 Å². The SMILES string of the molecule is Cc1cc(Nc2ccc(F)c(C[C@@]3(C(=O)O)CCN(Cc4c(F)cccc4F)[C@H](C)C3)n2)n[nH]1. The molecule has 1 fully saturated rings. The third kappa shape index (κ3) is 4.91. The number of nitrogens with zero attached hydrogens (tertiary/aromatic N) is 3. The first kappa shape index (κ1) is 23.7. The molecule has 1 aromatic carbocycles. The van der Waals surface area contributed by atoms with Crippen LogP contribution in [0, 0.1) is 29.8 Å². The van der Waals surface area contributed by atoms with Crippen molar-refractivity contribution in [3.8, 4) is 0 Å². The van der Waals surface area contributed by atoms with Crippen LogP contribution < -0.4 is 5.32 Å². The molecule has 0 amide bonds. The largest absolute Gasteiger partial charge is 0.481 e. The topological polar surface area (TPSA) is 94.1 Å². The molecule has 7 nitrogen and oxygen atoms in total. The number of halogens is 3. The van der Waals surface area contributed by atoms with E-state index in [1.54, 1.807) is 6.07 Å². The second-order valence-electron chi connectivity index (χ2n) is 8.92. The lowest BCUT2D eigenvalue weighted by Crippen LogP contribution is -2.50. The quantitative estimate of drug-likeness (QED) is 0.465. The van der Waals surface area contributed by atoms with Gasteiger partial charge in [0.1, 0.15) is 23.3 Å². The molecule has 3 heterocycles. The van der Waals surface area contributed by atoms with E-state index >= 15 is 0 Å². The Kier molecular flexibility index (Phi) is 6.60. The van der Waals surface area contributed by atoms with E-state index in [4.69, 9.17) is 0 Å². The molecule has 0 unspecified atom stereocenters. The van der Waals surface area contributed by atoms with E-state index in [9.17, 15) is 23.1 Å². The number of nitrogens with one attached hydrogen (secondary N) is 2. The minimum Gasteiger partial charge on any atom is -0.481 e. The molecule has 10 heteroatoms. The summed E-state index contributed by atoms with van der Waals surface area (Å²) in [6.45, 7) is 3.99. The average Bonchev–Trinajstić information content (AvgIpc) is 3.19. The van der Waals surface area contributed by atoms with E-state index in [1.807, 2.05) is 18.7 Å². The van der Waals surface area contributed by atoms with Crippen molar-refractivity contribution in [3.05, 3.63) is 70.8 Å². The van der Waals surface area contributed by atoms with E-state index < -0.39 is 28.8 Å². The van der Waals surface area contributed by atoms with Gasteiger partial charge in [-0.05, 0) is 57.5 Å². The van der Waals surface area contributed by atoms with Crippen LogP contribution in [0.15, 0.2) is 36.4 Å². The van der Waals surface area contributed by atoms with Crippen LogP contribution in [0.5, 0.6) is 0 Å². The lowest BCUT2D eigenvalue weighted by atomic mass is 9.72. The Bertz CT molecular complexity index is 1180. The molecule has 3 aromatic rings. The summed E-state index contributed by atoms with van der Waals surface area (Å²) in [7, 11) is 0. The number of benzene rings is 1. The van der Waals surface area contributed by atoms with Crippen molar-refractivity contribution in [3.63, 3.8) is 0 Å². The fourth-order valence-corrected chi connectivity index (χ4v) is 4.54. The van der Waals surface area contributed by atoms with Crippen molar-refractivity contribution < 1.29 is 23.1 Å². The minimum absolute atomic E-state index is 0.0322. The summed E-state index contributed by atoms with van der Waals surface area (Å²) in [5.41, 5.74) is -0.414. The Morgan fingerprint density at radius 1 is 1.21 bits per heavy atom. The van der Waals surface area contributed by atoms with Crippen LogP contribution in [0.3, 0.4) is 0 Å². The van der Waals surface area contributed by atoms with Crippen molar-refractivity contribution >= 4 is 17.6 Å². The molecule has 1 aliphatic heterocycles. The molecule has 0 spiro atoms. The third-order valence-corrected chi connectivity index (χ3v) is 6.45. The second-order valence-corrected chi connectivity index (χ2v) is 8.92. The van der Waals surface area contributed by atoms with E-state index in [-0.39, 0.29) is 43.1 Å². The fourth-order valence-electron chi connectivity index (χ4n) is 4.54. The number of H-pyrrole nitrogens is 1. The molecule has 0 saturated carbocycles. The number of hydrogen-bond donors (Lipinski definition) is 3. The van der Waals surface area contributed by atoms with E-state index in [0.29, 0.717) is 18.2 Å². The molecule has 1 saturated heterocycles. The van der Waals surface area contributed by atoms with Gasteiger partial charge in [-0.3, -0.25) is 14.8 Å². The van der Waals surface area contributed by atoms with Gasteiger partial charge in [-0.1, -0.05) is 6.07 Å². The van der Waals surface area contributed by atoms with Gasteiger partial charge in [-0.15, -0.1) is 0 Å². The Morgan fingerprint density at radius 3 is 2.56 bits per heavy atom. The number of carboxylic acid groups (broad SMARTS) is 1. The van der Waals surface area contributed by atoms with E-state index in [1.165, 1.54) is 30.3 Å². The van der Waals surface area contributed by atoms with Crippen LogP contribution in [-0.4, -0.2) is 43.7 Å². The monoisotopic (exact) mass is 473 g/mol. The number of rotatable bonds is 7. The normalized spacial score (nSPS) is 20.9. The number of carboxylic acids is 1. The van der Waals surface area contributed by atoms with E-state index in [0.717, 1.165) is 5.69 Å². The number of aromatic amines is 1. The molecular formula is C24H26F3N5O2. The Labute approximate surface area is 195 Å². The summed E-state index contributed by atoms with van der Waals surface area (Å²) in [6.07, 6.45) is 0.283. The number of hydrogen-bond acceptors (Lipinski definition) is 5. The van der Waals surface area contributed by atoms with Crippen LogP contribution in [0.4, 0.5) is 24.8 Å². The minimum atomic E-state index is -1.25. The number of aliphatic carboxylic acids is 1. The van der Waals surface area contributed by atoms with Gasteiger partial charge >= 0.3 is 5.97 Å². The van der Waals surface area contributed by atoms with Crippen molar-refractivity contribution in [2.45, 2.75) is 45.7 Å². The first-order valence-electron chi connectivity index (χ1n) is 11.0. The maximum atomic E-state index is 14.7. The standard InChI is InChI=1S/C24H26F3N5O2/c1-14-10-22(31-30-14)29-21-7-6-19(27)20(28-21)12-24(23(33)34)8-9-32(15(2)11-24)13-16-17(25)4-3-5-18(16)26/h3-7,10,15H,8-9,11-13H2,1-2H3,(H,33,34)(H2,28,29,30,31)/t15-,24-/m1/s1. The molecule has 2 atom stereocenters. The van der Waals surface area contributed by atoms with Crippen LogP contribution >= 0.6 is 0 Å². The van der Waals surface area contributed by atoms with Gasteiger partial charge in [-0.25, -0.2) is 18.2 Å². The number of pyridine rings is 1. The predicted molar refractivity (Wildman–Crippen MR) is 120 cm³/mol. The van der Waals surface area contributed by atoms with E-state index in [2.05, 4.69) is 20.5 Å². The van der Waals surface area contributed by atoms with Gasteiger partial charge in [0.15, 0.2) is 5.82 Å². The molecule has 1 aliphatic rings. The van der Waals surface area contributed by atoms with Gasteiger partial charge in [0.25, 0.3) is 0 Å². The summed E-state index contributed by atoms with van der Waals surface area (Å²) in [5.74, 6) is -2.04. The smallest absolute Gasteiger partial charge is 0.310 e. The molecule has 2 aromatic heterocycles. The van der Waals surface area contributed by atoms with Crippen molar-refractivity contribution in [1.82, 2.24) is 20.1 Å². The maximum absolute atomic E-state index is 14.7. The number of aromatic nitrogens is 3. The van der Waals surface area contributed by atoms with Crippen molar-refractivity contribution in [2.75, 3.05) is 11.9 Å². The summed E-state index contributed by atoms with van der Waals surface area (Å²) in [4.78, 5) is 18.5. The number of carbonyl (C=O) groups is 1. The molecule has 34 heavy (non-hydrogen) atoms. The highest BCUT2D eigenvalue weighted by atomic mass is 19.1. The molecule has 0 aliphatic carbocycles. The fraction of sp³-hybridized carbons (Fsp3) is 0.375. The lowest BCUT2D eigenvalue weighted by Gasteiger charge is -2.43. The van der Waals surface area contributed by atoms with Crippen LogP contribution in [0.25, 0.3) is 0 Å². The zero-order valence-corrected chi connectivity index (χ0v) is 18.9. The number of likely N-dealkylation sites (tertiary alicyclic amines) is 1. The second kappa shape index (κ2) is 9.46. The van der Waals surface area contributed by atoms with Gasteiger partial charge in [0.2, 0.25) is 0 Å². The van der Waals surface area contributed by atoms with Gasteiger partial charge < -0.3 is 10.4 Å². The summed E-state index contributed by atoms with van der Waals surface area (Å²) >= 11 is 0. The van der Waals surface area contributed by atoms with Gasteiger partial charge in [0, 0.05) is 36.3 Å². The molecule has 4 rings (SSSR count). The lowest BCUT2D eigenvalue weighted by molar-refractivity contribution is -0.153. The zero-order chi connectivity index (χ0) is 24.5. The highest BCUT2D eigenvalue weighted by molar-refractivity contribution is 5.75. The summed E-state index contributed by atoms with van der Waals surface area (Å²) in [5, 5.41) is 19.9. The maximum Gasteiger partial charge on any atom is 0.310 e.